The summed E-state index contributed by atoms with van der Waals surface area (Å²) in [5.74, 6) is 2.48. The van der Waals surface area contributed by atoms with Gasteiger partial charge in [0.15, 0.2) is 18.9 Å². The Labute approximate surface area is 729 Å². The van der Waals surface area contributed by atoms with Crippen molar-refractivity contribution in [3.05, 3.63) is 10.4 Å². The molecule has 23 nitrogen and oxygen atoms in total. The lowest BCUT2D eigenvalue weighted by Crippen LogP contribution is -2.54. The highest BCUT2D eigenvalue weighted by Gasteiger charge is 2.44. The number of carbonyl (C=O) groups excluding carboxylic acids is 1. The van der Waals surface area contributed by atoms with Gasteiger partial charge in [0.2, 0.25) is 5.91 Å². The molecule has 3 heterocycles. The maximum absolute atomic E-state index is 12.5. The minimum Gasteiger partial charge on any atom is -0.481 e. The molecule has 0 aromatic rings. The van der Waals surface area contributed by atoms with Crippen LogP contribution < -0.4 is 11.1 Å². The number of unbranched alkanes of at least 4 members (excludes halogenated alkanes) is 33. The molecule has 0 bridgehead atoms. The van der Waals surface area contributed by atoms with Gasteiger partial charge >= 0.3 is 5.97 Å². The van der Waals surface area contributed by atoms with Crippen LogP contribution in [0.25, 0.3) is 10.4 Å². The molecule has 0 saturated carbocycles. The molecule has 4 N–H and O–H groups in total. The zero-order chi connectivity index (χ0) is 89.0. The minimum absolute atomic E-state index is 0.0133. The monoisotopic (exact) mass is 1700 g/mol. The number of rotatable bonds is 70. The van der Waals surface area contributed by atoms with E-state index >= 15 is 0 Å². The SMILES string of the molecule is CCC(=O)O.CCCCCCCCCCCCCC[C@@H](OC)[C@@H](OC)[C@@H](N)CO[C@H]1OC(COC)[C@H](C)[C@H](C)C1C.CCCCCCCCCCCCCC[C@@H](OC)[C@@H](OC)[C@H](CO[C@H]1OC(COC)[C@H](C)[C@H](C)C1C)N=[N+]=[N-].CCCCCCCCCCCCCC[C@@H](OC)[C@@H](OC)[C@H](CO[C@H]1OC(COC)[C@H](C)[C@H](C)C1C)NC(=O)CC. The fourth-order valence-corrected chi connectivity index (χ4v) is 17.1. The van der Waals surface area contributed by atoms with Crippen molar-refractivity contribution in [1.82, 2.24) is 5.32 Å². The lowest BCUT2D eigenvalue weighted by Gasteiger charge is -2.44. The molecule has 1 amide bonds. The van der Waals surface area contributed by atoms with Crippen LogP contribution in [0.4, 0.5) is 0 Å². The molecule has 3 rings (SSSR count). The molecule has 3 aliphatic rings. The Morgan fingerprint density at radius 2 is 0.639 bits per heavy atom. The Bertz CT molecular complexity index is 2340. The predicted molar refractivity (Wildman–Crippen MR) is 485 cm³/mol. The van der Waals surface area contributed by atoms with Crippen molar-refractivity contribution in [2.45, 2.75) is 452 Å². The van der Waals surface area contributed by atoms with E-state index in [4.69, 9.17) is 81.9 Å². The average Bonchev–Trinajstić information content (AvgIpc) is 0.824. The Morgan fingerprint density at radius 1 is 0.370 bits per heavy atom. The van der Waals surface area contributed by atoms with Crippen LogP contribution in [0.15, 0.2) is 5.11 Å². The zero-order valence-corrected chi connectivity index (χ0v) is 80.9. The number of hydrogen-bond donors (Lipinski definition) is 3. The molecular formula is C96H191N5O18. The summed E-state index contributed by atoms with van der Waals surface area (Å²) in [4.78, 5) is 24.9. The average molecular weight is 1700 g/mol. The largest absolute Gasteiger partial charge is 0.481 e. The van der Waals surface area contributed by atoms with Crippen LogP contribution in [0.5, 0.6) is 0 Å². The number of amides is 1. The standard InChI is InChI=1S/C33H65NO6.C30H59N3O5.C30H61NO5.C3H6O2/c1-9-11-12-13-14-15-16-17-18-19-20-21-22-29(37-7)32(38-8)28(34-31(35)10-2)23-39-33-27(5)25(3)26(4)30(40-33)24-36-6;1-8-9-10-11-12-13-14-15-16-17-18-19-20-27(35-6)29(36-7)26(32-33-31)21-37-30-25(4)23(2)24(3)28(38-30)22-34-5;1-8-9-10-11-12-13-14-15-16-17-18-19-20-27(33-6)29(34-7)26(31)21-35-30-25(4)23(2)24(3)28(36-30)22-32-5;1-2-3(4)5/h25-30,32-33H,9-24H2,1-8H3,(H,34,35);23-30H,8-22H2,1-7H3;23-30H,8-22,31H2,1-7H3;2H2,1H3,(H,4,5)/t25-,26+,27?,28-,29+,30?,32-,33-;2*23-,24+,25?,26-,27+,28?,29-,30-;/m000./s1. The van der Waals surface area contributed by atoms with Crippen LogP contribution in [0.3, 0.4) is 0 Å². The molecule has 23 heteroatoms. The number of carboxylic acid groups (broad SMARTS) is 1. The van der Waals surface area contributed by atoms with Gasteiger partial charge in [-0.25, -0.2) is 0 Å². The normalized spacial score (nSPS) is 25.4. The molecule has 3 aliphatic heterocycles. The molecule has 3 saturated heterocycles. The Kier molecular flexibility index (Phi) is 75.3. The lowest BCUT2D eigenvalue weighted by molar-refractivity contribution is -0.259. The molecule has 3 fully saturated rings. The Hall–Kier alpha value is -2.39. The second kappa shape index (κ2) is 76.8. The van der Waals surface area contributed by atoms with Crippen molar-refractivity contribution in [1.29, 1.82) is 0 Å². The van der Waals surface area contributed by atoms with E-state index in [0.29, 0.717) is 80.9 Å². The molecule has 24 atom stereocenters. The van der Waals surface area contributed by atoms with Crippen LogP contribution in [-0.2, 0) is 80.6 Å². The quantitative estimate of drug-likeness (QED) is 0.0221. The van der Waals surface area contributed by atoms with Crippen LogP contribution >= 0.6 is 0 Å². The number of ether oxygens (including phenoxy) is 15. The number of methoxy groups -OCH3 is 9. The van der Waals surface area contributed by atoms with Gasteiger partial charge in [-0.15, -0.1) is 0 Å². The Balaban J connectivity index is 0.00000170. The first-order chi connectivity index (χ1) is 57.5. The fourth-order valence-electron chi connectivity index (χ4n) is 17.1. The van der Waals surface area contributed by atoms with E-state index < -0.39 is 12.0 Å². The van der Waals surface area contributed by atoms with E-state index in [1.807, 2.05) is 6.92 Å². The van der Waals surface area contributed by atoms with Crippen molar-refractivity contribution in [2.24, 2.45) is 64.1 Å². The zero-order valence-electron chi connectivity index (χ0n) is 80.9. The van der Waals surface area contributed by atoms with E-state index in [-0.39, 0.29) is 117 Å². The van der Waals surface area contributed by atoms with Crippen molar-refractivity contribution in [2.75, 3.05) is 104 Å². The second-order valence-corrected chi connectivity index (χ2v) is 35.4. The van der Waals surface area contributed by atoms with Crippen molar-refractivity contribution in [3.63, 3.8) is 0 Å². The highest BCUT2D eigenvalue weighted by molar-refractivity contribution is 5.75. The molecule has 0 spiro atoms. The third-order valence-electron chi connectivity index (χ3n) is 26.5. The maximum atomic E-state index is 12.5. The number of carbonyl (C=O) groups is 2. The summed E-state index contributed by atoms with van der Waals surface area (Å²) >= 11 is 0. The first-order valence-electron chi connectivity index (χ1n) is 48.2. The van der Waals surface area contributed by atoms with Crippen LogP contribution in [0, 0.1) is 53.3 Å². The van der Waals surface area contributed by atoms with Gasteiger partial charge in [0.05, 0.1) is 100 Å². The van der Waals surface area contributed by atoms with Gasteiger partial charge in [-0.2, -0.15) is 0 Å². The number of nitrogens with zero attached hydrogens (tertiary/aromatic N) is 3. The van der Waals surface area contributed by atoms with Crippen LogP contribution in [0.1, 0.15) is 360 Å². The van der Waals surface area contributed by atoms with Crippen molar-refractivity contribution < 1.29 is 85.7 Å². The molecule has 6 unspecified atom stereocenters. The van der Waals surface area contributed by atoms with Gasteiger partial charge in [-0.05, 0) is 60.3 Å². The Morgan fingerprint density at radius 3 is 0.899 bits per heavy atom. The number of hydrogen-bond acceptors (Lipinski definition) is 19. The summed E-state index contributed by atoms with van der Waals surface area (Å²) in [5.41, 5.74) is 15.8. The van der Waals surface area contributed by atoms with Gasteiger partial charge in [-0.3, -0.25) is 9.59 Å². The van der Waals surface area contributed by atoms with Gasteiger partial charge in [0.25, 0.3) is 0 Å². The number of carboxylic acids is 1. The van der Waals surface area contributed by atoms with E-state index in [1.165, 1.54) is 212 Å². The molecule has 119 heavy (non-hydrogen) atoms. The summed E-state index contributed by atoms with van der Waals surface area (Å²) in [7, 11) is 15.4. The van der Waals surface area contributed by atoms with Crippen molar-refractivity contribution in [3.8, 4) is 0 Å². The van der Waals surface area contributed by atoms with Gasteiger partial charge in [0.1, 0.15) is 12.2 Å². The fraction of sp³-hybridized carbons (Fsp3) is 0.979. The van der Waals surface area contributed by atoms with E-state index in [0.717, 1.165) is 38.5 Å². The van der Waals surface area contributed by atoms with E-state index in [1.54, 1.807) is 70.9 Å². The van der Waals surface area contributed by atoms with Gasteiger partial charge in [0, 0.05) is 99.5 Å². The summed E-state index contributed by atoms with van der Waals surface area (Å²) in [6.45, 7) is 32.7. The third-order valence-corrected chi connectivity index (χ3v) is 26.5. The number of nitrogens with two attached hydrogens (primary N) is 1. The summed E-state index contributed by atoms with van der Waals surface area (Å²) < 4.78 is 88.8. The highest BCUT2D eigenvalue weighted by Crippen LogP contribution is 2.39. The van der Waals surface area contributed by atoms with Crippen LogP contribution in [-0.4, -0.2) is 213 Å². The molecule has 0 aromatic carbocycles. The smallest absolute Gasteiger partial charge is 0.303 e. The third kappa shape index (κ3) is 51.3. The van der Waals surface area contributed by atoms with Gasteiger partial charge < -0.3 is 87.2 Å². The molecule has 708 valence electrons. The maximum Gasteiger partial charge on any atom is 0.303 e. The number of azide groups is 1. The van der Waals surface area contributed by atoms with E-state index in [2.05, 4.69) is 98.4 Å². The molecule has 0 radical (unpaired) electrons. The molecular weight excluding hydrogens is 1510 g/mol. The summed E-state index contributed by atoms with van der Waals surface area (Å²) in [5, 5.41) is 14.9. The minimum atomic E-state index is -0.745. The summed E-state index contributed by atoms with van der Waals surface area (Å²) in [6.07, 6.45) is 48.9. The highest BCUT2D eigenvalue weighted by atomic mass is 16.7. The second-order valence-electron chi connectivity index (χ2n) is 35.4. The number of aliphatic carboxylic acids is 1. The first-order valence-corrected chi connectivity index (χ1v) is 48.2. The van der Waals surface area contributed by atoms with Gasteiger partial charge in [-0.1, -0.05) is 333 Å². The van der Waals surface area contributed by atoms with Crippen molar-refractivity contribution >= 4 is 11.9 Å². The summed E-state index contributed by atoms with van der Waals surface area (Å²) in [6, 6.07) is -1.10. The first kappa shape index (κ1) is 117. The topological polar surface area (TPSA) is 280 Å². The van der Waals surface area contributed by atoms with E-state index in [9.17, 15) is 15.1 Å². The molecule has 0 aliphatic carbocycles. The molecule has 0 aromatic heterocycles. The lowest BCUT2D eigenvalue weighted by atomic mass is 9.79. The predicted octanol–water partition coefficient (Wildman–Crippen LogP) is 22.6. The number of nitrogens with one attached hydrogen (secondary N) is 1. The van der Waals surface area contributed by atoms with Crippen LogP contribution in [0.2, 0.25) is 0 Å².